The van der Waals surface area contributed by atoms with Gasteiger partial charge in [-0.05, 0) is 24.5 Å². The van der Waals surface area contributed by atoms with Gasteiger partial charge in [0.1, 0.15) is 5.02 Å². The van der Waals surface area contributed by atoms with Crippen LogP contribution >= 0.6 is 11.6 Å². The van der Waals surface area contributed by atoms with Crippen molar-refractivity contribution in [2.45, 2.75) is 13.3 Å². The number of hydrogen-bond acceptors (Lipinski definition) is 5. The molecule has 2 heterocycles. The van der Waals surface area contributed by atoms with Crippen LogP contribution < -0.4 is 10.5 Å². The van der Waals surface area contributed by atoms with E-state index in [0.717, 1.165) is 24.2 Å². The van der Waals surface area contributed by atoms with Gasteiger partial charge in [-0.2, -0.15) is 9.78 Å². The van der Waals surface area contributed by atoms with Gasteiger partial charge >= 0.3 is 0 Å². The molecule has 23 heavy (non-hydrogen) atoms. The average molecular weight is 335 g/mol. The predicted molar refractivity (Wildman–Crippen MR) is 87.5 cm³/mol. The van der Waals surface area contributed by atoms with E-state index in [1.807, 2.05) is 0 Å². The van der Waals surface area contributed by atoms with Gasteiger partial charge in [0.05, 0.1) is 22.5 Å². The van der Waals surface area contributed by atoms with Crippen molar-refractivity contribution in [1.82, 2.24) is 9.78 Å². The minimum atomic E-state index is -0.495. The van der Waals surface area contributed by atoms with E-state index in [1.54, 1.807) is 6.20 Å². The predicted octanol–water partition coefficient (Wildman–Crippen LogP) is 2.64. The number of halogens is 1. The van der Waals surface area contributed by atoms with Crippen LogP contribution in [0.2, 0.25) is 5.02 Å². The quantitative estimate of drug-likeness (QED) is 0.636. The van der Waals surface area contributed by atoms with Crippen LogP contribution in [0.1, 0.15) is 13.3 Å². The van der Waals surface area contributed by atoms with Crippen molar-refractivity contribution in [1.29, 1.82) is 0 Å². The summed E-state index contributed by atoms with van der Waals surface area (Å²) in [5, 5.41) is 15.0. The van der Waals surface area contributed by atoms with Gasteiger partial charge in [0.15, 0.2) is 0 Å². The number of nitro groups is 1. The lowest BCUT2D eigenvalue weighted by atomic mass is 10.2. The number of nitrogens with zero attached hydrogens (tertiary/aromatic N) is 4. The summed E-state index contributed by atoms with van der Waals surface area (Å²) in [6.45, 7) is 3.85. The zero-order valence-electron chi connectivity index (χ0n) is 12.5. The van der Waals surface area contributed by atoms with Crippen molar-refractivity contribution < 1.29 is 4.92 Å². The van der Waals surface area contributed by atoms with Crippen molar-refractivity contribution >= 4 is 23.0 Å². The van der Waals surface area contributed by atoms with Crippen LogP contribution in [0.15, 0.2) is 35.3 Å². The summed E-state index contributed by atoms with van der Waals surface area (Å²) in [6.07, 6.45) is 2.63. The van der Waals surface area contributed by atoms with Crippen LogP contribution in [-0.4, -0.2) is 27.8 Å². The van der Waals surface area contributed by atoms with Gasteiger partial charge in [-0.3, -0.25) is 14.9 Å². The molecular formula is C15H15ClN4O3. The number of rotatable bonds is 3. The normalized spacial score (nSPS) is 17.5. The molecule has 1 fully saturated rings. The monoisotopic (exact) mass is 334 g/mol. The number of nitro benzene ring substituents is 1. The van der Waals surface area contributed by atoms with E-state index < -0.39 is 10.5 Å². The van der Waals surface area contributed by atoms with Crippen molar-refractivity contribution in [3.05, 3.63) is 56.0 Å². The molecule has 1 unspecified atom stereocenters. The summed E-state index contributed by atoms with van der Waals surface area (Å²) in [7, 11) is 0. The number of anilines is 1. The lowest BCUT2D eigenvalue weighted by Crippen LogP contribution is -2.27. The van der Waals surface area contributed by atoms with Gasteiger partial charge in [0.2, 0.25) is 0 Å². The Bertz CT molecular complexity index is 803. The smallest absolute Gasteiger partial charge is 0.292 e. The highest BCUT2D eigenvalue weighted by atomic mass is 35.5. The Kier molecular flexibility index (Phi) is 4.04. The van der Waals surface area contributed by atoms with Crippen LogP contribution in [0.3, 0.4) is 0 Å². The first-order valence-electron chi connectivity index (χ1n) is 7.25. The van der Waals surface area contributed by atoms with Crippen molar-refractivity contribution in [2.75, 3.05) is 18.0 Å². The Hall–Kier alpha value is -2.41. The summed E-state index contributed by atoms with van der Waals surface area (Å²) < 4.78 is 1.15. The minimum Gasteiger partial charge on any atom is -0.369 e. The molecule has 1 aliphatic heterocycles. The van der Waals surface area contributed by atoms with Gasteiger partial charge in [-0.15, -0.1) is 0 Å². The molecule has 0 amide bonds. The zero-order valence-corrected chi connectivity index (χ0v) is 13.2. The molecule has 0 radical (unpaired) electrons. The summed E-state index contributed by atoms with van der Waals surface area (Å²) in [5.74, 6) is 0.558. The zero-order chi connectivity index (χ0) is 16.6. The molecule has 2 aromatic rings. The summed E-state index contributed by atoms with van der Waals surface area (Å²) in [4.78, 5) is 24.7. The molecular weight excluding hydrogens is 320 g/mol. The lowest BCUT2D eigenvalue weighted by molar-refractivity contribution is -0.384. The first-order valence-corrected chi connectivity index (χ1v) is 7.63. The molecule has 1 aromatic heterocycles. The molecule has 0 saturated carbocycles. The minimum absolute atomic E-state index is 0.0458. The Balaban J connectivity index is 1.97. The Morgan fingerprint density at radius 2 is 2.04 bits per heavy atom. The molecule has 8 heteroatoms. The van der Waals surface area contributed by atoms with Crippen LogP contribution in [0, 0.1) is 16.0 Å². The largest absolute Gasteiger partial charge is 0.369 e. The third kappa shape index (κ3) is 2.92. The maximum absolute atomic E-state index is 12.5. The third-order valence-electron chi connectivity index (χ3n) is 3.97. The number of benzene rings is 1. The lowest BCUT2D eigenvalue weighted by Gasteiger charge is -2.19. The third-order valence-corrected chi connectivity index (χ3v) is 4.33. The Morgan fingerprint density at radius 1 is 1.35 bits per heavy atom. The van der Waals surface area contributed by atoms with Crippen LogP contribution in [0.5, 0.6) is 0 Å². The fraction of sp³-hybridized carbons (Fsp3) is 0.333. The molecule has 7 nitrogen and oxygen atoms in total. The van der Waals surface area contributed by atoms with Gasteiger partial charge < -0.3 is 4.90 Å². The van der Waals surface area contributed by atoms with E-state index in [2.05, 4.69) is 16.9 Å². The first-order chi connectivity index (χ1) is 11.0. The van der Waals surface area contributed by atoms with Gasteiger partial charge in [-0.1, -0.05) is 18.5 Å². The fourth-order valence-electron chi connectivity index (χ4n) is 2.70. The van der Waals surface area contributed by atoms with E-state index in [-0.39, 0.29) is 10.7 Å². The van der Waals surface area contributed by atoms with E-state index in [1.165, 1.54) is 24.3 Å². The van der Waals surface area contributed by atoms with Gasteiger partial charge in [0, 0.05) is 25.2 Å². The van der Waals surface area contributed by atoms with Crippen molar-refractivity contribution in [2.24, 2.45) is 5.92 Å². The number of hydrogen-bond donors (Lipinski definition) is 0. The van der Waals surface area contributed by atoms with Gasteiger partial charge in [-0.25, -0.2) is 0 Å². The standard InChI is InChI=1S/C15H15ClN4O3/c1-10-6-7-18(9-10)13-8-17-19(15(21)14(13)16)11-2-4-12(5-3-11)20(22)23/h2-5,8,10H,6-7,9H2,1H3. The number of non-ortho nitro benzene ring substituents is 1. The molecule has 0 spiro atoms. The molecule has 3 rings (SSSR count). The van der Waals surface area contributed by atoms with E-state index in [9.17, 15) is 14.9 Å². The van der Waals surface area contributed by atoms with E-state index in [4.69, 9.17) is 11.6 Å². The summed E-state index contributed by atoms with van der Waals surface area (Å²) in [5.41, 5.74) is 0.594. The fourth-order valence-corrected chi connectivity index (χ4v) is 2.95. The SMILES string of the molecule is CC1CCN(c2cnn(-c3ccc([N+](=O)[O-])cc3)c(=O)c2Cl)C1. The van der Waals surface area contributed by atoms with Crippen LogP contribution in [0.4, 0.5) is 11.4 Å². The molecule has 0 bridgehead atoms. The highest BCUT2D eigenvalue weighted by molar-refractivity contribution is 6.33. The molecule has 1 atom stereocenters. The molecule has 1 saturated heterocycles. The molecule has 0 N–H and O–H groups in total. The van der Waals surface area contributed by atoms with E-state index >= 15 is 0 Å². The highest BCUT2D eigenvalue weighted by Crippen LogP contribution is 2.27. The van der Waals surface area contributed by atoms with Crippen LogP contribution in [0.25, 0.3) is 5.69 Å². The van der Waals surface area contributed by atoms with Crippen LogP contribution in [-0.2, 0) is 0 Å². The summed E-state index contributed by atoms with van der Waals surface area (Å²) >= 11 is 6.23. The Morgan fingerprint density at radius 3 is 2.61 bits per heavy atom. The average Bonchev–Trinajstić information content (AvgIpc) is 2.96. The van der Waals surface area contributed by atoms with E-state index in [0.29, 0.717) is 17.3 Å². The van der Waals surface area contributed by atoms with Gasteiger partial charge in [0.25, 0.3) is 11.2 Å². The first kappa shape index (κ1) is 15.5. The second-order valence-electron chi connectivity index (χ2n) is 5.67. The number of aromatic nitrogens is 2. The van der Waals surface area contributed by atoms with Crippen molar-refractivity contribution in [3.63, 3.8) is 0 Å². The van der Waals surface area contributed by atoms with Crippen molar-refractivity contribution in [3.8, 4) is 5.69 Å². The highest BCUT2D eigenvalue weighted by Gasteiger charge is 2.23. The maximum atomic E-state index is 12.5. The summed E-state index contributed by atoms with van der Waals surface area (Å²) in [6, 6.07) is 5.60. The second-order valence-corrected chi connectivity index (χ2v) is 6.05. The second kappa shape index (κ2) is 6.00. The molecule has 0 aliphatic carbocycles. The molecule has 120 valence electrons. The maximum Gasteiger partial charge on any atom is 0.292 e. The molecule has 1 aliphatic rings. The molecule has 1 aromatic carbocycles. The topological polar surface area (TPSA) is 81.3 Å². The Labute approximate surface area is 137 Å².